The second-order valence-electron chi connectivity index (χ2n) is 6.43. The molecule has 24 heavy (non-hydrogen) atoms. The highest BCUT2D eigenvalue weighted by atomic mass is 16.2. The molecule has 3 rings (SSSR count). The van der Waals surface area contributed by atoms with Crippen molar-refractivity contribution in [1.29, 1.82) is 0 Å². The Hall–Kier alpha value is -2.62. The van der Waals surface area contributed by atoms with Crippen molar-refractivity contribution in [1.82, 2.24) is 10.6 Å². The van der Waals surface area contributed by atoms with E-state index in [9.17, 15) is 9.59 Å². The molecule has 0 unspecified atom stereocenters. The lowest BCUT2D eigenvalue weighted by molar-refractivity contribution is -0.122. The van der Waals surface area contributed by atoms with Gasteiger partial charge in [-0.2, -0.15) is 0 Å². The van der Waals surface area contributed by atoms with Crippen molar-refractivity contribution in [2.45, 2.75) is 31.2 Å². The summed E-state index contributed by atoms with van der Waals surface area (Å²) in [6.45, 7) is 2.32. The Kier molecular flexibility index (Phi) is 4.65. The number of rotatable bonds is 6. The molecule has 124 valence electrons. The van der Waals surface area contributed by atoms with Gasteiger partial charge >= 0.3 is 0 Å². The fraction of sp³-hybridized carbons (Fsp3) is 0.300. The molecule has 0 aromatic heterocycles. The quantitative estimate of drug-likeness (QED) is 0.859. The number of amides is 2. The molecule has 0 saturated heterocycles. The summed E-state index contributed by atoms with van der Waals surface area (Å²) in [5.41, 5.74) is 1.89. The largest absolute Gasteiger partial charge is 0.353 e. The molecule has 0 radical (unpaired) electrons. The van der Waals surface area contributed by atoms with Crippen LogP contribution >= 0.6 is 0 Å². The van der Waals surface area contributed by atoms with Crippen LogP contribution in [0.4, 0.5) is 0 Å². The van der Waals surface area contributed by atoms with Crippen LogP contribution in [-0.4, -0.2) is 24.4 Å². The summed E-state index contributed by atoms with van der Waals surface area (Å²) in [7, 11) is 0. The third kappa shape index (κ3) is 3.65. The van der Waals surface area contributed by atoms with Crippen molar-refractivity contribution in [3.05, 3.63) is 71.8 Å². The van der Waals surface area contributed by atoms with E-state index in [1.807, 2.05) is 24.3 Å². The highest BCUT2D eigenvalue weighted by molar-refractivity contribution is 5.97. The summed E-state index contributed by atoms with van der Waals surface area (Å²) in [6, 6.07) is 18.6. The number of carbonyl (C=O) groups excluding carboxylic acids is 2. The molecule has 1 atom stereocenters. The third-order valence-corrected chi connectivity index (χ3v) is 4.62. The molecule has 4 nitrogen and oxygen atoms in total. The average Bonchev–Trinajstić information content (AvgIpc) is 3.42. The smallest absolute Gasteiger partial charge is 0.251 e. The van der Waals surface area contributed by atoms with E-state index in [4.69, 9.17) is 0 Å². The van der Waals surface area contributed by atoms with Gasteiger partial charge in [0.2, 0.25) is 5.91 Å². The summed E-state index contributed by atoms with van der Waals surface area (Å²) in [6.07, 6.45) is 2.17. The zero-order valence-electron chi connectivity index (χ0n) is 13.8. The van der Waals surface area contributed by atoms with Gasteiger partial charge in [-0.05, 0) is 37.5 Å². The van der Waals surface area contributed by atoms with Gasteiger partial charge in [0.15, 0.2) is 0 Å². The molecule has 0 bridgehead atoms. The van der Waals surface area contributed by atoms with Crippen molar-refractivity contribution < 1.29 is 9.59 Å². The first kappa shape index (κ1) is 16.2. The zero-order chi connectivity index (χ0) is 17.0. The van der Waals surface area contributed by atoms with E-state index in [2.05, 4.69) is 22.8 Å². The summed E-state index contributed by atoms with van der Waals surface area (Å²) in [5, 5.41) is 5.73. The maximum Gasteiger partial charge on any atom is 0.251 e. The van der Waals surface area contributed by atoms with Crippen LogP contribution in [0.1, 0.15) is 35.7 Å². The molecular formula is C20H22N2O2. The van der Waals surface area contributed by atoms with Crippen LogP contribution in [0.2, 0.25) is 0 Å². The first-order valence-corrected chi connectivity index (χ1v) is 8.30. The molecule has 4 heteroatoms. The lowest BCUT2D eigenvalue weighted by atomic mass is 9.96. The third-order valence-electron chi connectivity index (χ3n) is 4.62. The lowest BCUT2D eigenvalue weighted by Gasteiger charge is -2.19. The average molecular weight is 322 g/mol. The first-order chi connectivity index (χ1) is 11.6. The van der Waals surface area contributed by atoms with Gasteiger partial charge in [0.05, 0.1) is 0 Å². The monoisotopic (exact) mass is 322 g/mol. The van der Waals surface area contributed by atoms with E-state index < -0.39 is 6.04 Å². The van der Waals surface area contributed by atoms with Crippen molar-refractivity contribution in [3.63, 3.8) is 0 Å². The van der Waals surface area contributed by atoms with Gasteiger partial charge < -0.3 is 10.6 Å². The Morgan fingerprint density at radius 1 is 1.00 bits per heavy atom. The number of carbonyl (C=O) groups is 2. The number of hydrogen-bond acceptors (Lipinski definition) is 2. The molecular weight excluding hydrogens is 300 g/mol. The van der Waals surface area contributed by atoms with Crippen LogP contribution in [0.15, 0.2) is 60.7 Å². The van der Waals surface area contributed by atoms with E-state index in [1.54, 1.807) is 31.2 Å². The van der Waals surface area contributed by atoms with Gasteiger partial charge in [0, 0.05) is 17.5 Å². The standard InChI is InChI=1S/C20H22N2O2/c1-15(22-19(24)16-8-4-2-5-9-16)18(23)21-14-20(12-13-20)17-10-6-3-7-11-17/h2-11,15H,12-14H2,1H3,(H,21,23)(H,22,24)/t15-/m0/s1. The minimum atomic E-state index is -0.565. The van der Waals surface area contributed by atoms with Gasteiger partial charge in [-0.3, -0.25) is 9.59 Å². The van der Waals surface area contributed by atoms with Crippen LogP contribution in [0.25, 0.3) is 0 Å². The first-order valence-electron chi connectivity index (χ1n) is 8.30. The fourth-order valence-electron chi connectivity index (χ4n) is 2.85. The summed E-state index contributed by atoms with van der Waals surface area (Å²) in [4.78, 5) is 24.4. The van der Waals surface area contributed by atoms with Crippen molar-refractivity contribution in [3.8, 4) is 0 Å². The number of nitrogens with one attached hydrogen (secondary N) is 2. The molecule has 2 N–H and O–H groups in total. The molecule has 0 heterocycles. The molecule has 0 aliphatic heterocycles. The number of benzene rings is 2. The second-order valence-corrected chi connectivity index (χ2v) is 6.43. The highest BCUT2D eigenvalue weighted by Crippen LogP contribution is 2.47. The Balaban J connectivity index is 1.53. The molecule has 2 aromatic rings. The van der Waals surface area contributed by atoms with Crippen LogP contribution < -0.4 is 10.6 Å². The van der Waals surface area contributed by atoms with Crippen LogP contribution in [0, 0.1) is 0 Å². The van der Waals surface area contributed by atoms with E-state index in [1.165, 1.54) is 5.56 Å². The van der Waals surface area contributed by atoms with Crippen LogP contribution in [0.3, 0.4) is 0 Å². The molecule has 2 aromatic carbocycles. The van der Waals surface area contributed by atoms with Gasteiger partial charge in [-0.15, -0.1) is 0 Å². The van der Waals surface area contributed by atoms with Crippen molar-refractivity contribution >= 4 is 11.8 Å². The van der Waals surface area contributed by atoms with Crippen LogP contribution in [0.5, 0.6) is 0 Å². The predicted octanol–water partition coefficient (Wildman–Crippen LogP) is 2.65. The normalized spacial score (nSPS) is 16.0. The Labute approximate surface area is 142 Å². The van der Waals surface area contributed by atoms with Gasteiger partial charge in [0.1, 0.15) is 6.04 Å². The molecule has 0 spiro atoms. The van der Waals surface area contributed by atoms with Crippen LogP contribution in [-0.2, 0) is 10.2 Å². The molecule has 2 amide bonds. The highest BCUT2D eigenvalue weighted by Gasteiger charge is 2.44. The molecule has 1 fully saturated rings. The maximum absolute atomic E-state index is 12.3. The predicted molar refractivity (Wildman–Crippen MR) is 93.7 cm³/mol. The Morgan fingerprint density at radius 3 is 2.17 bits per heavy atom. The van der Waals surface area contributed by atoms with Gasteiger partial charge in [0.25, 0.3) is 5.91 Å². The van der Waals surface area contributed by atoms with Crippen molar-refractivity contribution in [2.24, 2.45) is 0 Å². The Morgan fingerprint density at radius 2 is 1.58 bits per heavy atom. The minimum Gasteiger partial charge on any atom is -0.353 e. The van der Waals surface area contributed by atoms with E-state index >= 15 is 0 Å². The topological polar surface area (TPSA) is 58.2 Å². The SMILES string of the molecule is C[C@H](NC(=O)c1ccccc1)C(=O)NCC1(c2ccccc2)CC1. The fourth-order valence-corrected chi connectivity index (χ4v) is 2.85. The summed E-state index contributed by atoms with van der Waals surface area (Å²) >= 11 is 0. The number of hydrogen-bond donors (Lipinski definition) is 2. The van der Waals surface area contributed by atoms with E-state index in [0.29, 0.717) is 12.1 Å². The summed E-state index contributed by atoms with van der Waals surface area (Å²) < 4.78 is 0. The minimum absolute atomic E-state index is 0.0695. The van der Waals surface area contributed by atoms with E-state index in [0.717, 1.165) is 12.8 Å². The second kappa shape index (κ2) is 6.87. The zero-order valence-corrected chi connectivity index (χ0v) is 13.8. The molecule has 1 aliphatic rings. The van der Waals surface area contributed by atoms with Gasteiger partial charge in [-0.1, -0.05) is 48.5 Å². The van der Waals surface area contributed by atoms with Crippen molar-refractivity contribution in [2.75, 3.05) is 6.54 Å². The molecule has 1 saturated carbocycles. The van der Waals surface area contributed by atoms with E-state index in [-0.39, 0.29) is 17.2 Å². The lowest BCUT2D eigenvalue weighted by Crippen LogP contribution is -2.46. The maximum atomic E-state index is 12.3. The summed E-state index contributed by atoms with van der Waals surface area (Å²) in [5.74, 6) is -0.385. The molecule has 1 aliphatic carbocycles. The Bertz CT molecular complexity index is 709. The van der Waals surface area contributed by atoms with Gasteiger partial charge in [-0.25, -0.2) is 0 Å².